The van der Waals surface area contributed by atoms with Gasteiger partial charge in [0.2, 0.25) is 0 Å². The summed E-state index contributed by atoms with van der Waals surface area (Å²) in [6, 6.07) is 19.6. The minimum Gasteiger partial charge on any atom is -0.490 e. The van der Waals surface area contributed by atoms with E-state index in [2.05, 4.69) is 28.5 Å². The van der Waals surface area contributed by atoms with Crippen molar-refractivity contribution in [2.24, 2.45) is 0 Å². The molecule has 1 fully saturated rings. The molecule has 0 radical (unpaired) electrons. The van der Waals surface area contributed by atoms with E-state index in [0.717, 1.165) is 25.0 Å². The zero-order valence-electron chi connectivity index (χ0n) is 26.4. The molecule has 2 aromatic heterocycles. The number of hydrogen-bond donors (Lipinski definition) is 1. The average Bonchev–Trinajstić information content (AvgIpc) is 3.46. The molecule has 5 aromatic rings. The van der Waals surface area contributed by atoms with Crippen molar-refractivity contribution in [2.45, 2.75) is 78.1 Å². The van der Waals surface area contributed by atoms with Gasteiger partial charge >= 0.3 is 5.76 Å². The number of nitrogens with zero attached hydrogens (tertiary/aromatic N) is 3. The Hall–Kier alpha value is -4.83. The lowest BCUT2D eigenvalue weighted by molar-refractivity contribution is -0.0721. The molecular weight excluding hydrogens is 587 g/mol. The Morgan fingerprint density at radius 1 is 1.00 bits per heavy atom. The van der Waals surface area contributed by atoms with Gasteiger partial charge < -0.3 is 9.47 Å². The monoisotopic (exact) mass is 624 g/mol. The molecule has 3 heterocycles. The van der Waals surface area contributed by atoms with Crippen LogP contribution in [0.1, 0.15) is 62.7 Å². The van der Waals surface area contributed by atoms with E-state index >= 15 is 4.39 Å². The van der Waals surface area contributed by atoms with Gasteiger partial charge in [0.1, 0.15) is 23.5 Å². The van der Waals surface area contributed by atoms with Crippen molar-refractivity contribution >= 4 is 0 Å². The lowest BCUT2D eigenvalue weighted by atomic mass is 9.95. The smallest absolute Gasteiger partial charge is 0.439 e. The second kappa shape index (κ2) is 13.3. The normalized spacial score (nSPS) is 18.1. The average molecular weight is 625 g/mol. The van der Waals surface area contributed by atoms with Crippen LogP contribution in [0.2, 0.25) is 0 Å². The van der Waals surface area contributed by atoms with Crippen LogP contribution < -0.4 is 16.1 Å². The maximum atomic E-state index is 15.8. The second-order valence-corrected chi connectivity index (χ2v) is 11.9. The van der Waals surface area contributed by atoms with Crippen molar-refractivity contribution < 1.29 is 18.4 Å². The summed E-state index contributed by atoms with van der Waals surface area (Å²) in [7, 11) is 0. The molecule has 0 saturated carbocycles. The number of hydrogen-bond acceptors (Lipinski definition) is 7. The highest BCUT2D eigenvalue weighted by atomic mass is 19.1. The van der Waals surface area contributed by atoms with Crippen LogP contribution in [-0.4, -0.2) is 38.0 Å². The minimum absolute atomic E-state index is 0.0665. The van der Waals surface area contributed by atoms with Crippen LogP contribution in [0.4, 0.5) is 4.39 Å². The van der Waals surface area contributed by atoms with E-state index in [1.807, 2.05) is 50.2 Å². The number of aromatic nitrogens is 4. The van der Waals surface area contributed by atoms with Gasteiger partial charge in [0.15, 0.2) is 5.82 Å². The third-order valence-corrected chi connectivity index (χ3v) is 8.32. The Morgan fingerprint density at radius 2 is 1.72 bits per heavy atom. The summed E-state index contributed by atoms with van der Waals surface area (Å²) in [6.45, 7) is 7.95. The van der Waals surface area contributed by atoms with Crippen molar-refractivity contribution in [3.8, 4) is 34.0 Å². The third-order valence-electron chi connectivity index (χ3n) is 8.32. The third kappa shape index (κ3) is 6.57. The van der Waals surface area contributed by atoms with Crippen LogP contribution >= 0.6 is 0 Å². The topological polar surface area (TPSA) is 112 Å². The first-order valence-corrected chi connectivity index (χ1v) is 15.7. The van der Waals surface area contributed by atoms with Gasteiger partial charge in [0, 0.05) is 30.4 Å². The van der Waals surface area contributed by atoms with E-state index in [4.69, 9.17) is 14.5 Å². The fourth-order valence-electron chi connectivity index (χ4n) is 6.29. The number of benzene rings is 3. The van der Waals surface area contributed by atoms with Crippen molar-refractivity contribution in [1.82, 2.24) is 19.7 Å². The maximum Gasteiger partial charge on any atom is 0.439 e. The second-order valence-electron chi connectivity index (χ2n) is 11.9. The molecule has 1 N–H and O–H groups in total. The fourth-order valence-corrected chi connectivity index (χ4v) is 6.29. The van der Waals surface area contributed by atoms with Gasteiger partial charge in [0.25, 0.3) is 5.56 Å². The molecule has 0 amide bonds. The van der Waals surface area contributed by atoms with Gasteiger partial charge in [-0.05, 0) is 74.2 Å². The molecule has 46 heavy (non-hydrogen) atoms. The number of H-pyrrole nitrogens is 1. The number of halogens is 1. The molecule has 238 valence electrons. The van der Waals surface area contributed by atoms with E-state index in [-0.39, 0.29) is 36.1 Å². The van der Waals surface area contributed by atoms with E-state index < -0.39 is 11.6 Å². The fraction of sp³-hybridized carbons (Fsp3) is 0.333. The lowest BCUT2D eigenvalue weighted by Crippen LogP contribution is -2.35. The van der Waals surface area contributed by atoms with Gasteiger partial charge in [-0.1, -0.05) is 54.9 Å². The number of aromatic amines is 1. The molecule has 0 bridgehead atoms. The number of ether oxygens (including phenoxy) is 2. The van der Waals surface area contributed by atoms with Crippen LogP contribution in [0.25, 0.3) is 28.2 Å². The summed E-state index contributed by atoms with van der Waals surface area (Å²) in [6.07, 6.45) is 3.48. The predicted molar refractivity (Wildman–Crippen MR) is 173 cm³/mol. The molecule has 3 aromatic carbocycles. The summed E-state index contributed by atoms with van der Waals surface area (Å²) in [5.41, 5.74) is 3.84. The first-order chi connectivity index (χ1) is 22.2. The van der Waals surface area contributed by atoms with Gasteiger partial charge in [-0.25, -0.2) is 14.2 Å². The molecule has 3 atom stereocenters. The zero-order valence-corrected chi connectivity index (χ0v) is 26.4. The van der Waals surface area contributed by atoms with Gasteiger partial charge in [0.05, 0.1) is 23.6 Å². The largest absolute Gasteiger partial charge is 0.490 e. The quantitative estimate of drug-likeness (QED) is 0.197. The highest BCUT2D eigenvalue weighted by Gasteiger charge is 2.26. The molecule has 0 aliphatic carbocycles. The van der Waals surface area contributed by atoms with E-state index in [1.165, 1.54) is 6.07 Å². The Bertz CT molecular complexity index is 1950. The summed E-state index contributed by atoms with van der Waals surface area (Å²) in [4.78, 5) is 33.0. The summed E-state index contributed by atoms with van der Waals surface area (Å²) >= 11 is 0. The number of nitrogens with one attached hydrogen (secondary N) is 1. The Morgan fingerprint density at radius 3 is 2.37 bits per heavy atom. The molecule has 10 heteroatoms. The predicted octanol–water partition coefficient (Wildman–Crippen LogP) is 6.57. The summed E-state index contributed by atoms with van der Waals surface area (Å²) < 4.78 is 34.1. The molecular formula is C36H37FN4O5. The van der Waals surface area contributed by atoms with E-state index in [0.29, 0.717) is 51.4 Å². The molecule has 9 nitrogen and oxygen atoms in total. The van der Waals surface area contributed by atoms with Crippen LogP contribution in [0, 0.1) is 12.7 Å². The van der Waals surface area contributed by atoms with Gasteiger partial charge in [-0.15, -0.1) is 0 Å². The number of aryl methyl sites for hydroxylation is 2. The highest BCUT2D eigenvalue weighted by molar-refractivity contribution is 5.80. The van der Waals surface area contributed by atoms with Gasteiger partial charge in [-0.3, -0.25) is 18.9 Å². The molecule has 1 aliphatic heterocycles. The molecule has 6 rings (SSSR count). The van der Waals surface area contributed by atoms with Crippen LogP contribution in [0.15, 0.2) is 80.8 Å². The van der Waals surface area contributed by atoms with E-state index in [9.17, 15) is 9.59 Å². The minimum atomic E-state index is -0.671. The van der Waals surface area contributed by atoms with Crippen LogP contribution in [0.3, 0.4) is 0 Å². The van der Waals surface area contributed by atoms with Crippen molar-refractivity contribution in [3.63, 3.8) is 0 Å². The van der Waals surface area contributed by atoms with Crippen molar-refractivity contribution in [2.75, 3.05) is 0 Å². The number of rotatable bonds is 9. The summed E-state index contributed by atoms with van der Waals surface area (Å²) in [5, 5.41) is 3.79. The molecule has 0 unspecified atom stereocenters. The SMILES string of the molecule is CCCc1nc(C)n(-c2ccc(O[C@@H]3C[C@@H](C)O[C@@H](C)C3)cc2)c(=O)c1Cc1ccc(-c2ccccc2-c2noc(=O)[nH]2)cc1F. The Kier molecular flexibility index (Phi) is 8.99. The van der Waals surface area contributed by atoms with Crippen molar-refractivity contribution in [3.05, 3.63) is 116 Å². The highest BCUT2D eigenvalue weighted by Crippen LogP contribution is 2.31. The molecule has 0 spiro atoms. The van der Waals surface area contributed by atoms with Crippen LogP contribution in [0.5, 0.6) is 5.75 Å². The Balaban J connectivity index is 1.30. The first-order valence-electron chi connectivity index (χ1n) is 15.7. The lowest BCUT2D eigenvalue weighted by Gasteiger charge is -2.32. The zero-order chi connectivity index (χ0) is 32.4. The Labute approximate surface area is 266 Å². The summed E-state index contributed by atoms with van der Waals surface area (Å²) in [5.74, 6) is 0.433. The van der Waals surface area contributed by atoms with Crippen LogP contribution in [-0.2, 0) is 17.6 Å². The first kappa shape index (κ1) is 31.2. The molecule has 1 aliphatic rings. The van der Waals surface area contributed by atoms with E-state index in [1.54, 1.807) is 28.8 Å². The molecule has 1 saturated heterocycles. The maximum absolute atomic E-state index is 15.8. The standard InChI is InChI=1S/C36H37FN4O5/c1-5-8-33-31(19-25-12-11-24(20-32(25)37)29-9-6-7-10-30(29)34-39-36(43)46-40-34)35(42)41(23(4)38-33)26-13-15-27(16-14-26)45-28-17-21(2)44-22(3)18-28/h6-7,9-16,20-22,28H,5,8,17-19H2,1-4H3,(H,39,40,43)/t21-,22+,28-. The van der Waals surface area contributed by atoms with Gasteiger partial charge in [-0.2, -0.15) is 0 Å². The van der Waals surface area contributed by atoms with Crippen molar-refractivity contribution in [1.29, 1.82) is 0 Å².